The second-order valence-electron chi connectivity index (χ2n) is 5.26. The summed E-state index contributed by atoms with van der Waals surface area (Å²) >= 11 is 3.17. The van der Waals surface area contributed by atoms with Crippen molar-refractivity contribution < 1.29 is 9.18 Å². The lowest BCUT2D eigenvalue weighted by Gasteiger charge is -2.29. The summed E-state index contributed by atoms with van der Waals surface area (Å²) < 4.78 is 14.4. The molecule has 0 saturated carbocycles. The zero-order valence-electron chi connectivity index (χ0n) is 9.89. The van der Waals surface area contributed by atoms with Gasteiger partial charge >= 0.3 is 0 Å². The summed E-state index contributed by atoms with van der Waals surface area (Å²) in [6.07, 6.45) is 2.84. The van der Waals surface area contributed by atoms with E-state index in [-0.39, 0.29) is 17.0 Å². The van der Waals surface area contributed by atoms with E-state index in [1.54, 1.807) is 24.3 Å². The topological polar surface area (TPSA) is 17.1 Å². The molecule has 0 saturated heterocycles. The molecular weight excluding hydrogens is 283 g/mol. The molecule has 1 aromatic carbocycles. The van der Waals surface area contributed by atoms with Crippen molar-refractivity contribution in [2.45, 2.75) is 26.7 Å². The summed E-state index contributed by atoms with van der Waals surface area (Å²) in [6.45, 7) is 4.07. The minimum atomic E-state index is -0.288. The first kappa shape index (κ1) is 12.5. The molecule has 0 heterocycles. The Morgan fingerprint density at radius 1 is 1.29 bits per heavy atom. The van der Waals surface area contributed by atoms with Crippen LogP contribution in [0.1, 0.15) is 32.3 Å². The van der Waals surface area contributed by atoms with Crippen molar-refractivity contribution in [2.24, 2.45) is 5.41 Å². The maximum Gasteiger partial charge on any atom is 0.156 e. The van der Waals surface area contributed by atoms with Crippen LogP contribution in [0.3, 0.4) is 0 Å². The van der Waals surface area contributed by atoms with E-state index in [1.807, 2.05) is 13.8 Å². The lowest BCUT2D eigenvalue weighted by molar-refractivity contribution is -0.116. The minimum Gasteiger partial charge on any atom is -0.295 e. The fourth-order valence-electron chi connectivity index (χ4n) is 2.27. The Balaban J connectivity index is 2.47. The highest BCUT2D eigenvalue weighted by Gasteiger charge is 2.29. The zero-order valence-corrected chi connectivity index (χ0v) is 11.5. The van der Waals surface area contributed by atoms with E-state index in [9.17, 15) is 9.18 Å². The molecule has 0 bridgehead atoms. The third-order valence-electron chi connectivity index (χ3n) is 2.95. The minimum absolute atomic E-state index is 0.0793. The van der Waals surface area contributed by atoms with E-state index >= 15 is 0 Å². The molecule has 1 nitrogen and oxygen atoms in total. The number of rotatable bonds is 1. The van der Waals surface area contributed by atoms with Gasteiger partial charge in [-0.2, -0.15) is 0 Å². The molecule has 0 spiro atoms. The van der Waals surface area contributed by atoms with Crippen LogP contribution in [0, 0.1) is 11.2 Å². The van der Waals surface area contributed by atoms with Crippen molar-refractivity contribution in [2.75, 3.05) is 0 Å². The van der Waals surface area contributed by atoms with Crippen molar-refractivity contribution in [3.8, 4) is 0 Å². The van der Waals surface area contributed by atoms with Gasteiger partial charge in [-0.25, -0.2) is 4.39 Å². The van der Waals surface area contributed by atoms with Crippen molar-refractivity contribution in [1.29, 1.82) is 0 Å². The average Bonchev–Trinajstić information content (AvgIpc) is 2.19. The first-order valence-electron chi connectivity index (χ1n) is 5.57. The van der Waals surface area contributed by atoms with E-state index in [4.69, 9.17) is 0 Å². The Hall–Kier alpha value is -0.960. The number of ketones is 1. The number of allylic oxidation sites excluding steroid dienone is 2. The van der Waals surface area contributed by atoms with Crippen LogP contribution in [-0.4, -0.2) is 5.78 Å². The van der Waals surface area contributed by atoms with Gasteiger partial charge in [0, 0.05) is 12.0 Å². The molecule has 90 valence electrons. The van der Waals surface area contributed by atoms with Gasteiger partial charge in [0.25, 0.3) is 0 Å². The smallest absolute Gasteiger partial charge is 0.156 e. The van der Waals surface area contributed by atoms with Crippen LogP contribution >= 0.6 is 15.9 Å². The molecule has 0 amide bonds. The van der Waals surface area contributed by atoms with Crippen LogP contribution < -0.4 is 0 Å². The monoisotopic (exact) mass is 296 g/mol. The molecule has 3 heteroatoms. The van der Waals surface area contributed by atoms with Gasteiger partial charge in [-0.1, -0.05) is 26.0 Å². The van der Waals surface area contributed by atoms with Gasteiger partial charge in [-0.15, -0.1) is 0 Å². The second kappa shape index (κ2) is 4.37. The molecule has 0 unspecified atom stereocenters. The number of hydrogen-bond donors (Lipinski definition) is 0. The maximum absolute atomic E-state index is 14.0. The molecule has 17 heavy (non-hydrogen) atoms. The first-order valence-corrected chi connectivity index (χ1v) is 6.36. The number of hydrogen-bond acceptors (Lipinski definition) is 1. The van der Waals surface area contributed by atoms with E-state index in [1.165, 1.54) is 0 Å². The second-order valence-corrected chi connectivity index (χ2v) is 6.11. The molecule has 0 N–H and O–H groups in total. The lowest BCUT2D eigenvalue weighted by atomic mass is 9.75. The van der Waals surface area contributed by atoms with Crippen molar-refractivity contribution in [3.63, 3.8) is 0 Å². The van der Waals surface area contributed by atoms with Crippen LogP contribution in [0.2, 0.25) is 0 Å². The summed E-state index contributed by atoms with van der Waals surface area (Å²) in [4.78, 5) is 11.6. The van der Waals surface area contributed by atoms with Gasteiger partial charge in [0.05, 0.1) is 4.47 Å². The SMILES string of the molecule is CC1(C)CC(=O)C=C(c2cccc(Br)c2F)C1. The third kappa shape index (κ3) is 2.65. The Kier molecular flexibility index (Phi) is 3.21. The fourth-order valence-corrected chi connectivity index (χ4v) is 2.64. The van der Waals surface area contributed by atoms with Crippen LogP contribution in [0.25, 0.3) is 5.57 Å². The summed E-state index contributed by atoms with van der Waals surface area (Å²) in [5.74, 6) is -0.208. The van der Waals surface area contributed by atoms with Crippen LogP contribution in [-0.2, 0) is 4.79 Å². The predicted octanol–water partition coefficient (Wildman–Crippen LogP) is 4.36. The summed E-state index contributed by atoms with van der Waals surface area (Å²) in [6, 6.07) is 5.17. The highest BCUT2D eigenvalue weighted by Crippen LogP contribution is 2.39. The molecule has 1 aliphatic rings. The van der Waals surface area contributed by atoms with Gasteiger partial charge in [0.15, 0.2) is 5.78 Å². The fraction of sp³-hybridized carbons (Fsp3) is 0.357. The summed E-state index contributed by atoms with van der Waals surface area (Å²) in [5.41, 5.74) is 1.24. The molecule has 0 aliphatic heterocycles. The molecular formula is C14H14BrFO. The standard InChI is InChI=1S/C14H14BrFO/c1-14(2)7-9(6-10(17)8-14)11-4-3-5-12(15)13(11)16/h3-6H,7-8H2,1-2H3. The quantitative estimate of drug-likeness (QED) is 0.752. The van der Waals surface area contributed by atoms with Crippen molar-refractivity contribution >= 4 is 27.3 Å². The van der Waals surface area contributed by atoms with E-state index in [0.717, 1.165) is 12.0 Å². The van der Waals surface area contributed by atoms with Gasteiger partial charge in [-0.05, 0) is 45.5 Å². The lowest BCUT2D eigenvalue weighted by Crippen LogP contribution is -2.21. The number of halogens is 2. The zero-order chi connectivity index (χ0) is 12.6. The van der Waals surface area contributed by atoms with Gasteiger partial charge in [0.1, 0.15) is 5.82 Å². The number of benzene rings is 1. The number of carbonyl (C=O) groups excluding carboxylic acids is 1. The van der Waals surface area contributed by atoms with Crippen LogP contribution in [0.15, 0.2) is 28.7 Å². The maximum atomic E-state index is 14.0. The molecule has 1 aromatic rings. The normalized spacial score (nSPS) is 19.1. The predicted molar refractivity (Wildman–Crippen MR) is 70.1 cm³/mol. The van der Waals surface area contributed by atoms with Gasteiger partial charge < -0.3 is 0 Å². The Bertz CT molecular complexity index is 503. The Labute approximate surface area is 109 Å². The largest absolute Gasteiger partial charge is 0.295 e. The Morgan fingerprint density at radius 2 is 2.00 bits per heavy atom. The molecule has 2 rings (SSSR count). The third-order valence-corrected chi connectivity index (χ3v) is 3.57. The molecule has 0 atom stereocenters. The van der Waals surface area contributed by atoms with Crippen LogP contribution in [0.4, 0.5) is 4.39 Å². The first-order chi connectivity index (χ1) is 7.89. The average molecular weight is 297 g/mol. The van der Waals surface area contributed by atoms with Crippen molar-refractivity contribution in [3.05, 3.63) is 40.1 Å². The molecule has 0 aromatic heterocycles. The van der Waals surface area contributed by atoms with Gasteiger partial charge in [0.2, 0.25) is 0 Å². The number of carbonyl (C=O) groups is 1. The van der Waals surface area contributed by atoms with E-state index < -0.39 is 0 Å². The van der Waals surface area contributed by atoms with Gasteiger partial charge in [-0.3, -0.25) is 4.79 Å². The van der Waals surface area contributed by atoms with Crippen LogP contribution in [0.5, 0.6) is 0 Å². The molecule has 0 fully saturated rings. The van der Waals surface area contributed by atoms with E-state index in [0.29, 0.717) is 16.5 Å². The highest BCUT2D eigenvalue weighted by molar-refractivity contribution is 9.10. The molecule has 1 aliphatic carbocycles. The molecule has 0 radical (unpaired) electrons. The summed E-state index contributed by atoms with van der Waals surface area (Å²) in [7, 11) is 0. The van der Waals surface area contributed by atoms with E-state index in [2.05, 4.69) is 15.9 Å². The summed E-state index contributed by atoms with van der Waals surface area (Å²) in [5, 5.41) is 0. The Morgan fingerprint density at radius 3 is 2.65 bits per heavy atom. The highest BCUT2D eigenvalue weighted by atomic mass is 79.9. The van der Waals surface area contributed by atoms with Crippen molar-refractivity contribution in [1.82, 2.24) is 0 Å².